The van der Waals surface area contributed by atoms with E-state index in [2.05, 4.69) is 71.2 Å². The van der Waals surface area contributed by atoms with Gasteiger partial charge < -0.3 is 15.8 Å². The third kappa shape index (κ3) is 9.70. The molecule has 3 N–H and O–H groups in total. The molecule has 5 rings (SSSR count). The number of nitrogens with one attached hydrogen (secondary N) is 1. The number of likely N-dealkylation sites (N-methyl/N-ethyl adjacent to an activating group) is 1. The SMILES string of the molecule is C.CC(C)CC(N)C1(c2ccc(Cl)cc2)CCC1.CC1CCCO1.CNC(CC(C)C)C1(c2ccc(Cl)cc2)CCC1. The Morgan fingerprint density at radius 1 is 0.786 bits per heavy atom. The van der Waals surface area contributed by atoms with Crippen molar-refractivity contribution < 1.29 is 4.74 Å². The molecule has 3 unspecified atom stereocenters. The fraction of sp³-hybridized carbons (Fsp3) is 0.676. The first-order valence-electron chi connectivity index (χ1n) is 16.1. The summed E-state index contributed by atoms with van der Waals surface area (Å²) in [6.45, 7) is 12.2. The smallest absolute Gasteiger partial charge is 0.0547 e. The van der Waals surface area contributed by atoms with Gasteiger partial charge in [-0.1, -0.05) is 95.4 Å². The predicted octanol–water partition coefficient (Wildman–Crippen LogP) is 10.4. The van der Waals surface area contributed by atoms with Crippen LogP contribution < -0.4 is 11.1 Å². The van der Waals surface area contributed by atoms with E-state index in [1.807, 2.05) is 24.3 Å². The van der Waals surface area contributed by atoms with Crippen LogP contribution in [0.15, 0.2) is 48.5 Å². The van der Waals surface area contributed by atoms with Gasteiger partial charge in [0.05, 0.1) is 6.10 Å². The van der Waals surface area contributed by atoms with Crippen molar-refractivity contribution in [2.45, 2.75) is 135 Å². The van der Waals surface area contributed by atoms with E-state index in [4.69, 9.17) is 33.7 Å². The van der Waals surface area contributed by atoms with Crippen LogP contribution in [0.25, 0.3) is 0 Å². The zero-order chi connectivity index (χ0) is 30.0. The summed E-state index contributed by atoms with van der Waals surface area (Å²) >= 11 is 12.0. The van der Waals surface area contributed by atoms with E-state index >= 15 is 0 Å². The maximum absolute atomic E-state index is 6.45. The molecule has 2 aromatic rings. The molecule has 1 saturated heterocycles. The summed E-state index contributed by atoms with van der Waals surface area (Å²) in [6.07, 6.45) is 13.1. The predicted molar refractivity (Wildman–Crippen MR) is 185 cm³/mol. The van der Waals surface area contributed by atoms with Gasteiger partial charge in [-0.25, -0.2) is 0 Å². The van der Waals surface area contributed by atoms with Gasteiger partial charge in [-0.15, -0.1) is 0 Å². The number of benzene rings is 2. The summed E-state index contributed by atoms with van der Waals surface area (Å²) < 4.78 is 5.15. The zero-order valence-corrected chi connectivity index (χ0v) is 28.0. The molecule has 2 aromatic carbocycles. The van der Waals surface area contributed by atoms with Gasteiger partial charge in [0, 0.05) is 39.6 Å². The van der Waals surface area contributed by atoms with E-state index in [0.717, 1.165) is 29.0 Å². The quantitative estimate of drug-likeness (QED) is 0.294. The molecule has 1 aliphatic heterocycles. The minimum Gasteiger partial charge on any atom is -0.379 e. The molecule has 5 heteroatoms. The number of hydrogen-bond acceptors (Lipinski definition) is 3. The van der Waals surface area contributed by atoms with Gasteiger partial charge in [0.2, 0.25) is 0 Å². The lowest BCUT2D eigenvalue weighted by atomic mass is 9.59. The second-order valence-electron chi connectivity index (χ2n) is 13.6. The molecule has 0 aromatic heterocycles. The molecule has 3 aliphatic rings. The summed E-state index contributed by atoms with van der Waals surface area (Å²) in [6, 6.07) is 17.6. The highest BCUT2D eigenvalue weighted by atomic mass is 35.5. The lowest BCUT2D eigenvalue weighted by Gasteiger charge is -2.49. The lowest BCUT2D eigenvalue weighted by molar-refractivity contribution is 0.125. The standard InChI is InChI=1S/C16H24ClN.C15H22ClN.C5H10O.CH4/c1-12(2)11-15(18-3)16(9-4-10-16)13-5-7-14(17)8-6-13;1-11(2)10-14(17)15(8-3-9-15)12-4-6-13(16)7-5-12;1-5-3-2-4-6-5;/h5-8,12,15,18H,4,9-11H2,1-3H3;4-7,11,14H,3,8-10,17H2,1-2H3;5H,2-4H2,1H3;1H4. The van der Waals surface area contributed by atoms with Gasteiger partial charge in [-0.05, 0) is 113 Å². The molecular weight excluding hydrogens is 559 g/mol. The minimum atomic E-state index is 0. The van der Waals surface area contributed by atoms with Crippen LogP contribution in [0, 0.1) is 11.8 Å². The van der Waals surface area contributed by atoms with Gasteiger partial charge in [-0.3, -0.25) is 0 Å². The maximum Gasteiger partial charge on any atom is 0.0547 e. The summed E-state index contributed by atoms with van der Waals surface area (Å²) in [5.41, 5.74) is 9.84. The van der Waals surface area contributed by atoms with Crippen molar-refractivity contribution in [3.63, 3.8) is 0 Å². The van der Waals surface area contributed by atoms with Crippen LogP contribution in [0.2, 0.25) is 10.0 Å². The maximum atomic E-state index is 6.45. The molecule has 2 saturated carbocycles. The summed E-state index contributed by atoms with van der Waals surface area (Å²) in [5.74, 6) is 1.39. The fourth-order valence-corrected chi connectivity index (χ4v) is 7.21. The molecule has 0 bridgehead atoms. The summed E-state index contributed by atoms with van der Waals surface area (Å²) in [4.78, 5) is 0. The molecule has 238 valence electrons. The molecule has 42 heavy (non-hydrogen) atoms. The Labute approximate surface area is 268 Å². The minimum absolute atomic E-state index is 0. The van der Waals surface area contributed by atoms with Crippen molar-refractivity contribution >= 4 is 23.2 Å². The normalized spacial score (nSPS) is 21.5. The van der Waals surface area contributed by atoms with Crippen LogP contribution in [-0.2, 0) is 15.6 Å². The van der Waals surface area contributed by atoms with Gasteiger partial charge in [0.1, 0.15) is 0 Å². The van der Waals surface area contributed by atoms with Crippen LogP contribution in [-0.4, -0.2) is 31.8 Å². The molecule has 3 atom stereocenters. The van der Waals surface area contributed by atoms with E-state index in [1.165, 1.54) is 68.9 Å². The van der Waals surface area contributed by atoms with E-state index in [-0.39, 0.29) is 18.9 Å². The van der Waals surface area contributed by atoms with Gasteiger partial charge in [-0.2, -0.15) is 0 Å². The third-order valence-corrected chi connectivity index (χ3v) is 10.1. The van der Waals surface area contributed by atoms with Crippen LogP contribution in [0.4, 0.5) is 0 Å². The molecule has 3 nitrogen and oxygen atoms in total. The molecule has 3 fully saturated rings. The largest absolute Gasteiger partial charge is 0.379 e. The molecule has 0 amide bonds. The van der Waals surface area contributed by atoms with E-state index in [1.54, 1.807) is 0 Å². The summed E-state index contributed by atoms with van der Waals surface area (Å²) in [5, 5.41) is 5.19. The second kappa shape index (κ2) is 17.4. The van der Waals surface area contributed by atoms with Crippen LogP contribution in [0.1, 0.15) is 117 Å². The van der Waals surface area contributed by atoms with E-state index < -0.39 is 0 Å². The Kier molecular flexibility index (Phi) is 15.4. The number of rotatable bonds is 9. The van der Waals surface area contributed by atoms with E-state index in [9.17, 15) is 0 Å². The molecule has 0 spiro atoms. The number of hydrogen-bond donors (Lipinski definition) is 2. The van der Waals surface area contributed by atoms with E-state index in [0.29, 0.717) is 23.5 Å². The Morgan fingerprint density at radius 2 is 1.24 bits per heavy atom. The second-order valence-corrected chi connectivity index (χ2v) is 14.4. The lowest BCUT2D eigenvalue weighted by Crippen LogP contribution is -2.52. The highest BCUT2D eigenvalue weighted by Gasteiger charge is 2.45. The molecular formula is C37H60Cl2N2O. The van der Waals surface area contributed by atoms with Gasteiger partial charge >= 0.3 is 0 Å². The third-order valence-electron chi connectivity index (χ3n) is 9.64. The van der Waals surface area contributed by atoms with Crippen molar-refractivity contribution in [1.82, 2.24) is 5.32 Å². The monoisotopic (exact) mass is 618 g/mol. The average Bonchev–Trinajstić information content (AvgIpc) is 3.35. The van der Waals surface area contributed by atoms with Crippen molar-refractivity contribution in [2.75, 3.05) is 13.7 Å². The Bertz CT molecular complexity index is 1010. The summed E-state index contributed by atoms with van der Waals surface area (Å²) in [7, 11) is 2.10. The van der Waals surface area contributed by atoms with Crippen molar-refractivity contribution in [2.24, 2.45) is 17.6 Å². The topological polar surface area (TPSA) is 47.3 Å². The van der Waals surface area contributed by atoms with Gasteiger partial charge in [0.15, 0.2) is 0 Å². The average molecular weight is 620 g/mol. The highest BCUT2D eigenvalue weighted by molar-refractivity contribution is 6.30. The molecule has 2 aliphatic carbocycles. The fourth-order valence-electron chi connectivity index (χ4n) is 6.95. The van der Waals surface area contributed by atoms with Crippen LogP contribution in [0.3, 0.4) is 0 Å². The first-order chi connectivity index (χ1) is 19.5. The Hall–Kier alpha value is -1.10. The van der Waals surface area contributed by atoms with Crippen molar-refractivity contribution in [1.29, 1.82) is 0 Å². The zero-order valence-electron chi connectivity index (χ0n) is 26.5. The number of nitrogens with two attached hydrogens (primary N) is 1. The first kappa shape index (κ1) is 37.1. The highest BCUT2D eigenvalue weighted by Crippen LogP contribution is 2.48. The molecule has 0 radical (unpaired) electrons. The van der Waals surface area contributed by atoms with Crippen molar-refractivity contribution in [3.8, 4) is 0 Å². The van der Waals surface area contributed by atoms with Crippen LogP contribution >= 0.6 is 23.2 Å². The Balaban J connectivity index is 0.000000241. The molecule has 1 heterocycles. The number of halogens is 2. The number of ether oxygens (including phenoxy) is 1. The van der Waals surface area contributed by atoms with Gasteiger partial charge in [0.25, 0.3) is 0 Å². The van der Waals surface area contributed by atoms with Crippen LogP contribution in [0.5, 0.6) is 0 Å². The van der Waals surface area contributed by atoms with Crippen molar-refractivity contribution in [3.05, 3.63) is 69.7 Å². The first-order valence-corrected chi connectivity index (χ1v) is 16.8. The Morgan fingerprint density at radius 3 is 1.52 bits per heavy atom.